The Hall–Kier alpha value is -1.79. The summed E-state index contributed by atoms with van der Waals surface area (Å²) < 4.78 is 55.6. The maximum Gasteiger partial charge on any atom is 0.419 e. The van der Waals surface area contributed by atoms with Gasteiger partial charge in [0.15, 0.2) is 5.75 Å². The molecule has 116 valence electrons. The number of alkyl halides is 3. The van der Waals surface area contributed by atoms with E-state index in [1.54, 1.807) is 0 Å². The van der Waals surface area contributed by atoms with Crippen molar-refractivity contribution in [1.29, 1.82) is 0 Å². The van der Waals surface area contributed by atoms with Crippen LogP contribution < -0.4 is 4.74 Å². The van der Waals surface area contributed by atoms with Crippen LogP contribution in [0.3, 0.4) is 0 Å². The van der Waals surface area contributed by atoms with Gasteiger partial charge in [-0.15, -0.1) is 0 Å². The van der Waals surface area contributed by atoms with Gasteiger partial charge in [0.1, 0.15) is 10.8 Å². The van der Waals surface area contributed by atoms with Crippen molar-refractivity contribution in [3.05, 3.63) is 63.4 Å². The van der Waals surface area contributed by atoms with E-state index in [2.05, 4.69) is 0 Å². The summed E-state index contributed by atoms with van der Waals surface area (Å²) in [6.07, 6.45) is -4.84. The first kappa shape index (κ1) is 16.6. The van der Waals surface area contributed by atoms with Crippen LogP contribution in [0.5, 0.6) is 5.75 Å². The normalized spacial score (nSPS) is 11.4. The number of rotatable bonds is 2. The largest absolute Gasteiger partial charge is 0.421 e. The Morgan fingerprint density at radius 3 is 2.36 bits per heavy atom. The van der Waals surface area contributed by atoms with Crippen LogP contribution in [0.15, 0.2) is 36.4 Å². The van der Waals surface area contributed by atoms with Gasteiger partial charge in [-0.3, -0.25) is 0 Å². The van der Waals surface area contributed by atoms with Gasteiger partial charge in [-0.2, -0.15) is 13.2 Å². The summed E-state index contributed by atoms with van der Waals surface area (Å²) in [4.78, 5) is 11.8. The number of hydrogen-bond acceptors (Lipinski definition) is 2. The minimum atomic E-state index is -4.84. The van der Waals surface area contributed by atoms with Crippen molar-refractivity contribution in [3.63, 3.8) is 0 Å². The Labute approximate surface area is 132 Å². The molecule has 2 aromatic rings. The summed E-state index contributed by atoms with van der Waals surface area (Å²) in [6, 6.07) is 5.98. The average Bonchev–Trinajstić information content (AvgIpc) is 2.42. The van der Waals surface area contributed by atoms with Crippen LogP contribution in [0.4, 0.5) is 17.6 Å². The number of hydrogen-bond donors (Lipinski definition) is 0. The minimum Gasteiger partial charge on any atom is -0.421 e. The fraction of sp³-hybridized carbons (Fsp3) is 0.0714. The molecule has 0 aromatic heterocycles. The summed E-state index contributed by atoms with van der Waals surface area (Å²) >= 11 is 11.5. The van der Waals surface area contributed by atoms with E-state index < -0.39 is 23.5 Å². The van der Waals surface area contributed by atoms with Crippen molar-refractivity contribution >= 4 is 29.2 Å². The number of carbonyl (C=O) groups is 1. The molecular weight excluding hydrogens is 347 g/mol. The monoisotopic (exact) mass is 352 g/mol. The molecule has 0 atom stereocenters. The predicted molar refractivity (Wildman–Crippen MR) is 72.8 cm³/mol. The second-order valence-electron chi connectivity index (χ2n) is 4.13. The van der Waals surface area contributed by atoms with Crippen molar-refractivity contribution in [2.75, 3.05) is 0 Å². The van der Waals surface area contributed by atoms with Gasteiger partial charge in [-0.05, 0) is 30.3 Å². The maximum absolute atomic E-state index is 13.4. The van der Waals surface area contributed by atoms with Gasteiger partial charge in [-0.1, -0.05) is 29.3 Å². The van der Waals surface area contributed by atoms with E-state index in [9.17, 15) is 22.4 Å². The van der Waals surface area contributed by atoms with Gasteiger partial charge in [0.25, 0.3) is 0 Å². The number of benzene rings is 2. The molecule has 0 amide bonds. The number of ether oxygens (including phenoxy) is 1. The molecule has 0 aliphatic rings. The Morgan fingerprint density at radius 2 is 1.77 bits per heavy atom. The zero-order valence-corrected chi connectivity index (χ0v) is 12.1. The molecule has 2 rings (SSSR count). The van der Waals surface area contributed by atoms with Gasteiger partial charge in [0, 0.05) is 0 Å². The lowest BCUT2D eigenvalue weighted by molar-refractivity contribution is -0.140. The Bertz CT molecular complexity index is 729. The molecule has 0 saturated carbocycles. The smallest absolute Gasteiger partial charge is 0.419 e. The maximum atomic E-state index is 13.4. The van der Waals surface area contributed by atoms with Crippen molar-refractivity contribution in [3.8, 4) is 5.75 Å². The number of carbonyl (C=O) groups excluding carboxylic acids is 1. The lowest BCUT2D eigenvalue weighted by Gasteiger charge is -2.10. The molecule has 2 aromatic carbocycles. The fourth-order valence-electron chi connectivity index (χ4n) is 1.59. The first-order chi connectivity index (χ1) is 10.2. The Kier molecular flexibility index (Phi) is 4.63. The summed E-state index contributed by atoms with van der Waals surface area (Å²) in [5.41, 5.74) is -1.86. The van der Waals surface area contributed by atoms with Crippen molar-refractivity contribution in [2.24, 2.45) is 0 Å². The third-order valence-corrected chi connectivity index (χ3v) is 3.43. The molecule has 8 heteroatoms. The highest BCUT2D eigenvalue weighted by atomic mass is 35.5. The lowest BCUT2D eigenvalue weighted by atomic mass is 10.1. The highest BCUT2D eigenvalue weighted by Crippen LogP contribution is 2.33. The second kappa shape index (κ2) is 6.14. The van der Waals surface area contributed by atoms with Gasteiger partial charge < -0.3 is 4.74 Å². The van der Waals surface area contributed by atoms with E-state index in [0.29, 0.717) is 12.1 Å². The number of esters is 1. The third-order valence-electron chi connectivity index (χ3n) is 2.63. The summed E-state index contributed by atoms with van der Waals surface area (Å²) in [5.74, 6) is -2.71. The SMILES string of the molecule is O=C(Oc1cccc(Cl)c1Cl)c1ccc(C(F)(F)F)c(F)c1. The fourth-order valence-corrected chi connectivity index (χ4v) is 1.92. The highest BCUT2D eigenvalue weighted by molar-refractivity contribution is 6.43. The van der Waals surface area contributed by atoms with E-state index in [1.807, 2.05) is 0 Å². The predicted octanol–water partition coefficient (Wildman–Crippen LogP) is 5.37. The lowest BCUT2D eigenvalue weighted by Crippen LogP contribution is -2.12. The van der Waals surface area contributed by atoms with Crippen LogP contribution in [0.1, 0.15) is 15.9 Å². The first-order valence-electron chi connectivity index (χ1n) is 5.73. The average molecular weight is 353 g/mol. The second-order valence-corrected chi connectivity index (χ2v) is 4.92. The van der Waals surface area contributed by atoms with Crippen LogP contribution in [0.25, 0.3) is 0 Å². The molecule has 0 aliphatic heterocycles. The quantitative estimate of drug-likeness (QED) is 0.412. The molecule has 0 unspecified atom stereocenters. The third kappa shape index (κ3) is 3.51. The first-order valence-corrected chi connectivity index (χ1v) is 6.48. The molecule has 0 N–H and O–H groups in total. The van der Waals surface area contributed by atoms with Gasteiger partial charge in [0.05, 0.1) is 16.1 Å². The summed E-state index contributed by atoms with van der Waals surface area (Å²) in [6.45, 7) is 0. The van der Waals surface area contributed by atoms with E-state index in [1.165, 1.54) is 18.2 Å². The Balaban J connectivity index is 2.27. The molecule has 22 heavy (non-hydrogen) atoms. The molecule has 0 aliphatic carbocycles. The molecular formula is C14H6Cl2F4O2. The zero-order chi connectivity index (χ0) is 16.5. The van der Waals surface area contributed by atoms with Crippen LogP contribution in [-0.2, 0) is 6.18 Å². The van der Waals surface area contributed by atoms with Crippen LogP contribution in [0, 0.1) is 5.82 Å². The Morgan fingerprint density at radius 1 is 1.09 bits per heavy atom. The number of halogens is 6. The van der Waals surface area contributed by atoms with E-state index >= 15 is 0 Å². The summed E-state index contributed by atoms with van der Waals surface area (Å²) in [5, 5.41) is 0.0930. The summed E-state index contributed by atoms with van der Waals surface area (Å²) in [7, 11) is 0. The molecule has 0 saturated heterocycles. The van der Waals surface area contributed by atoms with E-state index in [0.717, 1.165) is 6.07 Å². The molecule has 2 nitrogen and oxygen atoms in total. The van der Waals surface area contributed by atoms with Gasteiger partial charge >= 0.3 is 12.1 Å². The van der Waals surface area contributed by atoms with Gasteiger partial charge in [0.2, 0.25) is 0 Å². The van der Waals surface area contributed by atoms with Crippen LogP contribution in [-0.4, -0.2) is 5.97 Å². The van der Waals surface area contributed by atoms with Crippen molar-refractivity contribution < 1.29 is 27.1 Å². The molecule has 0 fully saturated rings. The molecule has 0 heterocycles. The highest BCUT2D eigenvalue weighted by Gasteiger charge is 2.34. The zero-order valence-electron chi connectivity index (χ0n) is 10.5. The van der Waals surface area contributed by atoms with Gasteiger partial charge in [-0.25, -0.2) is 9.18 Å². The molecule has 0 spiro atoms. The minimum absolute atomic E-state index is 0.0371. The molecule has 0 bridgehead atoms. The van der Waals surface area contributed by atoms with Crippen molar-refractivity contribution in [2.45, 2.75) is 6.18 Å². The molecule has 0 radical (unpaired) electrons. The van der Waals surface area contributed by atoms with E-state index in [-0.39, 0.29) is 21.4 Å². The standard InChI is InChI=1S/C14H6Cl2F4O2/c15-9-2-1-3-11(12(9)16)22-13(21)7-4-5-8(10(17)6-7)14(18,19)20/h1-6H. The van der Waals surface area contributed by atoms with E-state index in [4.69, 9.17) is 27.9 Å². The van der Waals surface area contributed by atoms with Crippen LogP contribution >= 0.6 is 23.2 Å². The topological polar surface area (TPSA) is 26.3 Å². The van der Waals surface area contributed by atoms with Crippen molar-refractivity contribution in [1.82, 2.24) is 0 Å². The van der Waals surface area contributed by atoms with Crippen LogP contribution in [0.2, 0.25) is 10.0 Å².